The molecule has 0 fully saturated rings. The van der Waals surface area contributed by atoms with Gasteiger partial charge in [-0.25, -0.2) is 0 Å². The van der Waals surface area contributed by atoms with Crippen LogP contribution in [0.1, 0.15) is 6.92 Å². The van der Waals surface area contributed by atoms with Gasteiger partial charge in [-0.15, -0.1) is 0 Å². The Bertz CT molecular complexity index is 170. The monoisotopic (exact) mass is 192 g/mol. The molecule has 0 radical (unpaired) electrons. The number of carboxylic acid groups (broad SMARTS) is 1. The Labute approximate surface area is 75.8 Å². The van der Waals surface area contributed by atoms with E-state index >= 15 is 0 Å². The minimum atomic E-state index is -1.08. The molecule has 0 aromatic heterocycles. The molecule has 0 rings (SSSR count). The van der Waals surface area contributed by atoms with Crippen LogP contribution in [0.25, 0.3) is 0 Å². The average Bonchev–Trinajstić information content (AvgIpc) is 1.87. The van der Waals surface area contributed by atoms with E-state index in [-0.39, 0.29) is 0 Å². The van der Waals surface area contributed by atoms with Gasteiger partial charge in [-0.3, -0.25) is 0 Å². The van der Waals surface area contributed by atoms with E-state index in [1.165, 1.54) is 0 Å². The first kappa shape index (κ1) is 10.7. The number of thiocarbonyl (C=S) groups is 1. The number of hydrogen-bond donors (Lipinski definition) is 0. The smallest absolute Gasteiger partial charge is 0.136 e. The summed E-state index contributed by atoms with van der Waals surface area (Å²) in [6.07, 6.45) is 0. The third-order valence-corrected chi connectivity index (χ3v) is 2.74. The molecule has 0 saturated carbocycles. The zero-order valence-corrected chi connectivity index (χ0v) is 8.29. The molecule has 3 nitrogen and oxygen atoms in total. The highest BCUT2D eigenvalue weighted by Gasteiger charge is 2.07. The molecule has 0 aromatic carbocycles. The Hall–Kier alpha value is -0.290. The zero-order valence-electron chi connectivity index (χ0n) is 6.66. The predicted octanol–water partition coefficient (Wildman–Crippen LogP) is -0.296. The quantitative estimate of drug-likeness (QED) is 0.562. The lowest BCUT2D eigenvalue weighted by Gasteiger charge is -2.17. The topological polar surface area (TPSA) is 43.4 Å². The van der Waals surface area contributed by atoms with Gasteiger partial charge in [0.25, 0.3) is 0 Å². The van der Waals surface area contributed by atoms with Crippen LogP contribution >= 0.6 is 24.0 Å². The third kappa shape index (κ3) is 4.21. The van der Waals surface area contributed by atoms with E-state index in [0.29, 0.717) is 4.32 Å². The summed E-state index contributed by atoms with van der Waals surface area (Å²) in [6, 6.07) is 0. The number of carbonyl (C=O) groups excluding carboxylic acids is 1. The average molecular weight is 192 g/mol. The number of nitrogens with zero attached hydrogens (tertiary/aromatic N) is 1. The number of thioether (sulfide) groups is 1. The summed E-state index contributed by atoms with van der Waals surface area (Å²) in [7, 11) is 3.55. The molecule has 0 aliphatic heterocycles. The van der Waals surface area contributed by atoms with E-state index in [2.05, 4.69) is 0 Å². The predicted molar refractivity (Wildman–Crippen MR) is 48.3 cm³/mol. The van der Waals surface area contributed by atoms with E-state index in [4.69, 9.17) is 12.2 Å². The summed E-state index contributed by atoms with van der Waals surface area (Å²) in [5.41, 5.74) is 0. The van der Waals surface area contributed by atoms with Gasteiger partial charge < -0.3 is 14.8 Å². The molecular weight excluding hydrogens is 182 g/mol. The minimum absolute atomic E-state index is 0.557. The molecule has 0 unspecified atom stereocenters. The second kappa shape index (κ2) is 4.56. The number of hydrogen-bond acceptors (Lipinski definition) is 4. The van der Waals surface area contributed by atoms with Crippen molar-refractivity contribution in [1.82, 2.24) is 4.90 Å². The van der Waals surface area contributed by atoms with Crippen LogP contribution < -0.4 is 5.11 Å². The van der Waals surface area contributed by atoms with Crippen LogP contribution in [-0.2, 0) is 4.79 Å². The highest BCUT2D eigenvalue weighted by atomic mass is 32.2. The van der Waals surface area contributed by atoms with Crippen LogP contribution in [0.2, 0.25) is 0 Å². The first-order valence-electron chi connectivity index (χ1n) is 3.04. The van der Waals surface area contributed by atoms with Crippen molar-refractivity contribution in [2.45, 2.75) is 12.2 Å². The molecule has 0 spiro atoms. The lowest BCUT2D eigenvalue weighted by Crippen LogP contribution is -2.33. The van der Waals surface area contributed by atoms with Crippen LogP contribution in [-0.4, -0.2) is 34.5 Å². The molecule has 5 heteroatoms. The normalized spacial score (nSPS) is 12.3. The molecule has 64 valence electrons. The molecule has 0 bridgehead atoms. The van der Waals surface area contributed by atoms with Crippen molar-refractivity contribution in [2.75, 3.05) is 14.1 Å². The van der Waals surface area contributed by atoms with Crippen LogP contribution in [0.4, 0.5) is 0 Å². The van der Waals surface area contributed by atoms with Gasteiger partial charge in [-0.2, -0.15) is 0 Å². The van der Waals surface area contributed by atoms with Crippen molar-refractivity contribution < 1.29 is 9.90 Å². The van der Waals surface area contributed by atoms with Crippen molar-refractivity contribution in [3.05, 3.63) is 0 Å². The fourth-order valence-electron chi connectivity index (χ4n) is 0.305. The fraction of sp³-hybridized carbons (Fsp3) is 0.667. The van der Waals surface area contributed by atoms with Gasteiger partial charge in [0.1, 0.15) is 4.32 Å². The van der Waals surface area contributed by atoms with Gasteiger partial charge in [-0.1, -0.05) is 24.0 Å². The summed E-state index contributed by atoms with van der Waals surface area (Å²) in [4.78, 5) is 11.9. The van der Waals surface area contributed by atoms with Crippen molar-refractivity contribution in [3.8, 4) is 0 Å². The number of rotatable bonds is 2. The maximum Gasteiger partial charge on any atom is 0.136 e. The number of aliphatic carboxylic acids is 1. The SMILES string of the molecule is C[C@@H](SC(=S)N(C)C)C(=O)[O-]. The highest BCUT2D eigenvalue weighted by molar-refractivity contribution is 8.23. The maximum atomic E-state index is 10.2. The Kier molecular flexibility index (Phi) is 4.44. The Morgan fingerprint density at radius 2 is 2.09 bits per heavy atom. The number of carbonyl (C=O) groups is 1. The lowest BCUT2D eigenvalue weighted by atomic mass is 10.5. The number of carboxylic acids is 1. The van der Waals surface area contributed by atoms with Crippen molar-refractivity contribution in [3.63, 3.8) is 0 Å². The summed E-state index contributed by atoms with van der Waals surface area (Å²) >= 11 is 5.98. The van der Waals surface area contributed by atoms with Crippen molar-refractivity contribution in [2.24, 2.45) is 0 Å². The standard InChI is InChI=1S/C6H11NO2S2/c1-4(5(8)9)11-6(10)7(2)3/h4H,1-3H3,(H,8,9)/p-1/t4-/m1/s1. The van der Waals surface area contributed by atoms with E-state index in [1.807, 2.05) is 0 Å². The van der Waals surface area contributed by atoms with Gasteiger partial charge in [0.15, 0.2) is 0 Å². The second-order valence-corrected chi connectivity index (χ2v) is 4.21. The Morgan fingerprint density at radius 3 is 2.36 bits per heavy atom. The van der Waals surface area contributed by atoms with E-state index in [0.717, 1.165) is 11.8 Å². The van der Waals surface area contributed by atoms with Gasteiger partial charge in [-0.05, 0) is 6.92 Å². The molecule has 11 heavy (non-hydrogen) atoms. The Balaban J connectivity index is 3.85. The molecular formula is C6H10NO2S2-. The summed E-state index contributed by atoms with van der Waals surface area (Å²) in [5.74, 6) is -1.08. The molecule has 0 saturated heterocycles. The summed E-state index contributed by atoms with van der Waals surface area (Å²) in [6.45, 7) is 1.55. The lowest BCUT2D eigenvalue weighted by molar-refractivity contribution is -0.304. The van der Waals surface area contributed by atoms with Crippen LogP contribution in [0.3, 0.4) is 0 Å². The zero-order chi connectivity index (χ0) is 9.02. The fourth-order valence-corrected chi connectivity index (χ4v) is 1.35. The summed E-state index contributed by atoms with van der Waals surface area (Å²) in [5, 5.41) is 9.67. The molecule has 0 amide bonds. The third-order valence-electron chi connectivity index (χ3n) is 0.975. The first-order valence-corrected chi connectivity index (χ1v) is 4.32. The largest absolute Gasteiger partial charge is 0.549 e. The van der Waals surface area contributed by atoms with E-state index in [1.54, 1.807) is 25.9 Å². The first-order chi connectivity index (χ1) is 4.95. The molecule has 0 heterocycles. The molecule has 1 atom stereocenters. The molecule has 0 aliphatic carbocycles. The second-order valence-electron chi connectivity index (χ2n) is 2.24. The van der Waals surface area contributed by atoms with Crippen LogP contribution in [0, 0.1) is 0 Å². The summed E-state index contributed by atoms with van der Waals surface area (Å²) < 4.78 is 0.557. The molecule has 0 aliphatic rings. The van der Waals surface area contributed by atoms with Gasteiger partial charge in [0.05, 0.1) is 5.97 Å². The van der Waals surface area contributed by atoms with Crippen LogP contribution in [0.15, 0.2) is 0 Å². The van der Waals surface area contributed by atoms with Crippen molar-refractivity contribution >= 4 is 34.3 Å². The minimum Gasteiger partial charge on any atom is -0.549 e. The molecule has 0 N–H and O–H groups in total. The Morgan fingerprint density at radius 1 is 1.64 bits per heavy atom. The van der Waals surface area contributed by atoms with Crippen molar-refractivity contribution in [1.29, 1.82) is 0 Å². The van der Waals surface area contributed by atoms with E-state index < -0.39 is 11.2 Å². The highest BCUT2D eigenvalue weighted by Crippen LogP contribution is 2.13. The van der Waals surface area contributed by atoms with Gasteiger partial charge in [0.2, 0.25) is 0 Å². The van der Waals surface area contributed by atoms with Gasteiger partial charge in [0, 0.05) is 19.3 Å². The van der Waals surface area contributed by atoms with E-state index in [9.17, 15) is 9.90 Å². The van der Waals surface area contributed by atoms with Crippen LogP contribution in [0.5, 0.6) is 0 Å². The molecule has 0 aromatic rings. The maximum absolute atomic E-state index is 10.2. The van der Waals surface area contributed by atoms with Gasteiger partial charge >= 0.3 is 0 Å².